The Bertz CT molecular complexity index is 549. The molecule has 2 rings (SSSR count). The van der Waals surface area contributed by atoms with E-state index in [0.717, 1.165) is 28.5 Å². The summed E-state index contributed by atoms with van der Waals surface area (Å²) in [5, 5.41) is 1.93. The number of amides is 2. The van der Waals surface area contributed by atoms with Gasteiger partial charge >= 0.3 is 0 Å². The number of thioether (sulfide) groups is 1. The number of hydrogen-bond donors (Lipinski definition) is 2. The molecule has 0 atom stereocenters. The monoisotopic (exact) mass is 248 g/mol. The van der Waals surface area contributed by atoms with Gasteiger partial charge in [0.1, 0.15) is 0 Å². The molecule has 1 aliphatic rings. The summed E-state index contributed by atoms with van der Waals surface area (Å²) in [4.78, 5) is 23.1. The van der Waals surface area contributed by atoms with Crippen molar-refractivity contribution in [3.63, 3.8) is 0 Å². The summed E-state index contributed by atoms with van der Waals surface area (Å²) in [6.07, 6.45) is 0. The molecule has 1 aliphatic heterocycles. The van der Waals surface area contributed by atoms with Gasteiger partial charge in [0.05, 0.1) is 4.91 Å². The first-order chi connectivity index (χ1) is 7.99. The van der Waals surface area contributed by atoms with Gasteiger partial charge < -0.3 is 5.73 Å². The Balaban J connectivity index is 2.50. The maximum absolute atomic E-state index is 11.5. The van der Waals surface area contributed by atoms with E-state index in [1.807, 2.05) is 26.0 Å². The zero-order valence-electron chi connectivity index (χ0n) is 9.53. The molecular weight excluding hydrogens is 236 g/mol. The number of rotatable bonds is 1. The van der Waals surface area contributed by atoms with E-state index in [9.17, 15) is 9.59 Å². The van der Waals surface area contributed by atoms with Crippen LogP contribution in [0.1, 0.15) is 18.1 Å². The standard InChI is InChI=1S/C12H12N2O2S/c1-6-5-8(13)3-4-9(6)7(2)10-11(15)14-12(16)17-10/h3-5H,13H2,1-2H3,(H,14,15,16). The molecule has 0 aliphatic carbocycles. The highest BCUT2D eigenvalue weighted by atomic mass is 32.2. The molecule has 1 aromatic carbocycles. The van der Waals surface area contributed by atoms with Gasteiger partial charge in [-0.2, -0.15) is 0 Å². The van der Waals surface area contributed by atoms with Crippen molar-refractivity contribution < 1.29 is 9.59 Å². The number of carbonyl (C=O) groups excluding carboxylic acids is 2. The van der Waals surface area contributed by atoms with Crippen LogP contribution in [-0.4, -0.2) is 11.1 Å². The van der Waals surface area contributed by atoms with Crippen LogP contribution in [0.4, 0.5) is 10.5 Å². The van der Waals surface area contributed by atoms with Crippen LogP contribution < -0.4 is 11.1 Å². The Kier molecular flexibility index (Phi) is 2.93. The number of nitrogens with one attached hydrogen (secondary N) is 1. The van der Waals surface area contributed by atoms with Crippen LogP contribution in [0.2, 0.25) is 0 Å². The Morgan fingerprint density at radius 2 is 2.06 bits per heavy atom. The lowest BCUT2D eigenvalue weighted by atomic mass is 10.0. The third-order valence-corrected chi connectivity index (χ3v) is 3.59. The number of imide groups is 1. The smallest absolute Gasteiger partial charge is 0.290 e. The lowest BCUT2D eigenvalue weighted by Gasteiger charge is -2.08. The second-order valence-corrected chi connectivity index (χ2v) is 4.86. The average Bonchev–Trinajstić information content (AvgIpc) is 2.57. The molecule has 2 amide bonds. The highest BCUT2D eigenvalue weighted by Crippen LogP contribution is 2.32. The Morgan fingerprint density at radius 1 is 1.35 bits per heavy atom. The molecule has 4 nitrogen and oxygen atoms in total. The Morgan fingerprint density at radius 3 is 2.59 bits per heavy atom. The van der Waals surface area contributed by atoms with Crippen LogP contribution in [0.3, 0.4) is 0 Å². The second kappa shape index (κ2) is 4.25. The minimum atomic E-state index is -0.325. The number of allylic oxidation sites excluding steroid dienone is 1. The summed E-state index contributed by atoms with van der Waals surface area (Å²) in [5.41, 5.74) is 9.09. The van der Waals surface area contributed by atoms with Gasteiger partial charge in [0.15, 0.2) is 0 Å². The molecule has 0 radical (unpaired) electrons. The number of hydrogen-bond acceptors (Lipinski definition) is 4. The van der Waals surface area contributed by atoms with E-state index in [2.05, 4.69) is 5.32 Å². The molecule has 0 aromatic heterocycles. The summed E-state index contributed by atoms with van der Waals surface area (Å²) < 4.78 is 0. The highest BCUT2D eigenvalue weighted by Gasteiger charge is 2.27. The van der Waals surface area contributed by atoms with Gasteiger partial charge in [-0.3, -0.25) is 14.9 Å². The van der Waals surface area contributed by atoms with Gasteiger partial charge in [-0.1, -0.05) is 6.07 Å². The molecule has 0 spiro atoms. The first kappa shape index (κ1) is 11.7. The molecule has 0 bridgehead atoms. The Labute approximate surface area is 103 Å². The normalized spacial score (nSPS) is 18.2. The predicted molar refractivity (Wildman–Crippen MR) is 69.3 cm³/mol. The summed E-state index contributed by atoms with van der Waals surface area (Å²) >= 11 is 0.938. The lowest BCUT2D eigenvalue weighted by Crippen LogP contribution is -2.18. The zero-order valence-corrected chi connectivity index (χ0v) is 10.4. The number of benzene rings is 1. The SMILES string of the molecule is CC(=C1SC(=O)NC1=O)c1ccc(N)cc1C. The largest absolute Gasteiger partial charge is 0.399 e. The van der Waals surface area contributed by atoms with Crippen LogP contribution in [-0.2, 0) is 4.79 Å². The third-order valence-electron chi connectivity index (χ3n) is 2.61. The molecule has 0 unspecified atom stereocenters. The fourth-order valence-corrected chi connectivity index (χ4v) is 2.53. The van der Waals surface area contributed by atoms with Crippen molar-refractivity contribution in [1.29, 1.82) is 0 Å². The van der Waals surface area contributed by atoms with Gasteiger partial charge in [0.25, 0.3) is 11.1 Å². The predicted octanol–water partition coefficient (Wildman–Crippen LogP) is 2.29. The van der Waals surface area contributed by atoms with E-state index in [1.54, 1.807) is 6.07 Å². The first-order valence-electron chi connectivity index (χ1n) is 5.09. The van der Waals surface area contributed by atoms with E-state index in [-0.39, 0.29) is 11.1 Å². The molecule has 88 valence electrons. The minimum absolute atomic E-state index is 0.322. The van der Waals surface area contributed by atoms with Crippen LogP contribution in [0.15, 0.2) is 23.1 Å². The van der Waals surface area contributed by atoms with Gasteiger partial charge in [0, 0.05) is 5.69 Å². The van der Waals surface area contributed by atoms with Crippen molar-refractivity contribution in [1.82, 2.24) is 5.32 Å². The topological polar surface area (TPSA) is 72.2 Å². The van der Waals surface area contributed by atoms with E-state index in [4.69, 9.17) is 5.73 Å². The summed E-state index contributed by atoms with van der Waals surface area (Å²) in [6.45, 7) is 3.76. The second-order valence-electron chi connectivity index (χ2n) is 3.87. The van der Waals surface area contributed by atoms with E-state index < -0.39 is 0 Å². The molecule has 0 saturated carbocycles. The molecule has 1 heterocycles. The quantitative estimate of drug-likeness (QED) is 0.591. The van der Waals surface area contributed by atoms with Crippen molar-refractivity contribution >= 4 is 34.2 Å². The number of anilines is 1. The van der Waals surface area contributed by atoms with Crippen molar-refractivity contribution in [2.45, 2.75) is 13.8 Å². The summed E-state index contributed by atoms with van der Waals surface area (Å²) in [6, 6.07) is 5.49. The molecule has 1 aromatic rings. The van der Waals surface area contributed by atoms with Crippen molar-refractivity contribution in [2.75, 3.05) is 5.73 Å². The summed E-state index contributed by atoms with van der Waals surface area (Å²) in [7, 11) is 0. The summed E-state index contributed by atoms with van der Waals surface area (Å²) in [5.74, 6) is -0.325. The molecule has 17 heavy (non-hydrogen) atoms. The molecule has 1 saturated heterocycles. The zero-order chi connectivity index (χ0) is 12.6. The minimum Gasteiger partial charge on any atom is -0.399 e. The van der Waals surface area contributed by atoms with Gasteiger partial charge in [-0.15, -0.1) is 0 Å². The number of aryl methyl sites for hydroxylation is 1. The van der Waals surface area contributed by atoms with Gasteiger partial charge in [0.2, 0.25) is 0 Å². The number of carbonyl (C=O) groups is 2. The number of nitrogen functional groups attached to an aromatic ring is 1. The first-order valence-corrected chi connectivity index (χ1v) is 5.91. The van der Waals surface area contributed by atoms with E-state index in [0.29, 0.717) is 10.6 Å². The Hall–Kier alpha value is -1.75. The van der Waals surface area contributed by atoms with Crippen LogP contribution in [0, 0.1) is 6.92 Å². The molecule has 5 heteroatoms. The van der Waals surface area contributed by atoms with Crippen molar-refractivity contribution in [2.24, 2.45) is 0 Å². The van der Waals surface area contributed by atoms with E-state index in [1.165, 1.54) is 0 Å². The fraction of sp³-hybridized carbons (Fsp3) is 0.167. The van der Waals surface area contributed by atoms with E-state index >= 15 is 0 Å². The lowest BCUT2D eigenvalue weighted by molar-refractivity contribution is -0.115. The third kappa shape index (κ3) is 2.19. The van der Waals surface area contributed by atoms with Gasteiger partial charge in [-0.25, -0.2) is 0 Å². The maximum Gasteiger partial charge on any atom is 0.290 e. The fourth-order valence-electron chi connectivity index (χ4n) is 1.79. The van der Waals surface area contributed by atoms with Crippen LogP contribution in [0.25, 0.3) is 5.57 Å². The maximum atomic E-state index is 11.5. The molecule has 1 fully saturated rings. The van der Waals surface area contributed by atoms with Crippen LogP contribution in [0.5, 0.6) is 0 Å². The van der Waals surface area contributed by atoms with Crippen molar-refractivity contribution in [3.05, 3.63) is 34.2 Å². The average molecular weight is 248 g/mol. The highest BCUT2D eigenvalue weighted by molar-refractivity contribution is 8.18. The number of nitrogens with two attached hydrogens (primary N) is 1. The molecule has 3 N–H and O–H groups in total. The van der Waals surface area contributed by atoms with Gasteiger partial charge in [-0.05, 0) is 54.4 Å². The molecular formula is C12H12N2O2S. The van der Waals surface area contributed by atoms with Crippen molar-refractivity contribution in [3.8, 4) is 0 Å². The van der Waals surface area contributed by atoms with Crippen LogP contribution >= 0.6 is 11.8 Å².